The zero-order valence-corrected chi connectivity index (χ0v) is 19.4. The van der Waals surface area contributed by atoms with Crippen LogP contribution in [0.5, 0.6) is 0 Å². The largest absolute Gasteiger partial charge is 1.00 e. The molecule has 0 saturated carbocycles. The molecule has 0 radical (unpaired) electrons. The van der Waals surface area contributed by atoms with Crippen LogP contribution in [0.15, 0.2) is 97.1 Å². The molecule has 2 nitrogen and oxygen atoms in total. The zero-order valence-electron chi connectivity index (χ0n) is 17.2. The molecule has 0 aliphatic rings. The van der Waals surface area contributed by atoms with Gasteiger partial charge in [-0.2, -0.15) is 0 Å². The first-order valence-electron chi connectivity index (χ1n) is 10.3. The molecule has 0 N–H and O–H groups in total. The molecule has 4 aromatic carbocycles. The predicted molar refractivity (Wildman–Crippen MR) is 126 cm³/mol. The minimum atomic E-state index is 0. The summed E-state index contributed by atoms with van der Waals surface area (Å²) in [4.78, 5) is 0. The highest BCUT2D eigenvalue weighted by Crippen LogP contribution is 2.32. The third-order valence-electron chi connectivity index (χ3n) is 5.64. The van der Waals surface area contributed by atoms with Crippen molar-refractivity contribution in [3.63, 3.8) is 0 Å². The lowest BCUT2D eigenvalue weighted by atomic mass is 10.2. The van der Waals surface area contributed by atoms with Gasteiger partial charge in [0.25, 0.3) is 0 Å². The van der Waals surface area contributed by atoms with Crippen molar-refractivity contribution >= 4 is 43.6 Å². The van der Waals surface area contributed by atoms with Crippen LogP contribution in [0, 0.1) is 0 Å². The van der Waals surface area contributed by atoms with Crippen LogP contribution < -0.4 is 24.0 Å². The van der Waals surface area contributed by atoms with Crippen molar-refractivity contribution in [1.29, 1.82) is 0 Å². The van der Waals surface area contributed by atoms with E-state index in [0.717, 1.165) is 6.67 Å². The summed E-state index contributed by atoms with van der Waals surface area (Å²) in [5.41, 5.74) is 5.11. The second-order valence-corrected chi connectivity index (χ2v) is 7.07. The van der Waals surface area contributed by atoms with Crippen LogP contribution in [0.4, 0.5) is 0 Å². The molecule has 0 unspecified atom stereocenters. The molecule has 0 aliphatic heterocycles. The van der Waals surface area contributed by atoms with E-state index in [4.69, 9.17) is 0 Å². The van der Waals surface area contributed by atoms with E-state index in [0.29, 0.717) is 0 Å². The Morgan fingerprint density at radius 3 is 0.933 bits per heavy atom. The van der Waals surface area contributed by atoms with Crippen molar-refractivity contribution in [3.8, 4) is 0 Å². The molecule has 0 saturated heterocycles. The maximum atomic E-state index is 2.43. The van der Waals surface area contributed by atoms with E-state index in [9.17, 15) is 0 Å². The van der Waals surface area contributed by atoms with Crippen LogP contribution in [0.25, 0.3) is 43.6 Å². The normalized spacial score (nSPS) is 10.9. The average Bonchev–Trinajstić information content (AvgIpc) is 3.30. The zero-order chi connectivity index (χ0) is 19.8. The molecular formula is C27H24IN2-. The maximum absolute atomic E-state index is 2.43. The highest BCUT2D eigenvalue weighted by Gasteiger charge is 2.13. The summed E-state index contributed by atoms with van der Waals surface area (Å²) in [5.74, 6) is 0. The molecule has 0 spiro atoms. The van der Waals surface area contributed by atoms with Gasteiger partial charge in [0.05, 0.1) is 22.1 Å². The number of halogens is 1. The number of rotatable bonds is 2. The minimum absolute atomic E-state index is 0. The highest BCUT2D eigenvalue weighted by atomic mass is 127. The van der Waals surface area contributed by atoms with Crippen LogP contribution in [-0.2, 0) is 6.67 Å². The quantitative estimate of drug-likeness (QED) is 0.310. The Morgan fingerprint density at radius 2 is 0.667 bits per heavy atom. The van der Waals surface area contributed by atoms with Gasteiger partial charge in [0.15, 0.2) is 0 Å². The monoisotopic (exact) mass is 503 g/mol. The van der Waals surface area contributed by atoms with Gasteiger partial charge in [-0.1, -0.05) is 86.6 Å². The minimum Gasteiger partial charge on any atom is -1.00 e. The standard InChI is InChI=1S/C25H18N2.C2H6.HI/c1-5-13-22-18(9-1)19-10-2-6-14-23(19)26(22)17-27-24-15-7-3-11-20(24)21-12-4-8-16-25(21)27;1-2;/h1-16H,17H2;1-2H3;1H/p-1. The molecule has 0 fully saturated rings. The molecule has 0 amide bonds. The number of nitrogens with zero attached hydrogens (tertiary/aromatic N) is 2. The first kappa shape index (κ1) is 20.5. The van der Waals surface area contributed by atoms with E-state index in [2.05, 4.69) is 106 Å². The van der Waals surface area contributed by atoms with Crippen molar-refractivity contribution in [2.75, 3.05) is 0 Å². The van der Waals surface area contributed by atoms with Crippen molar-refractivity contribution in [2.45, 2.75) is 20.5 Å². The first-order chi connectivity index (χ1) is 14.4. The molecule has 6 aromatic rings. The Morgan fingerprint density at radius 1 is 0.433 bits per heavy atom. The number of aromatic nitrogens is 2. The van der Waals surface area contributed by atoms with Crippen molar-refractivity contribution < 1.29 is 24.0 Å². The highest BCUT2D eigenvalue weighted by molar-refractivity contribution is 6.09. The molecule has 0 atom stereocenters. The van der Waals surface area contributed by atoms with E-state index in [1.807, 2.05) is 13.8 Å². The lowest BCUT2D eigenvalue weighted by Crippen LogP contribution is -3.00. The van der Waals surface area contributed by atoms with Gasteiger partial charge >= 0.3 is 0 Å². The Hall–Kier alpha value is -2.79. The molecule has 6 rings (SSSR count). The first-order valence-corrected chi connectivity index (χ1v) is 10.3. The molecule has 2 aromatic heterocycles. The summed E-state index contributed by atoms with van der Waals surface area (Å²) in [5, 5.41) is 5.26. The van der Waals surface area contributed by atoms with E-state index in [-0.39, 0.29) is 24.0 Å². The second-order valence-electron chi connectivity index (χ2n) is 7.07. The van der Waals surface area contributed by atoms with Crippen molar-refractivity contribution in [1.82, 2.24) is 9.13 Å². The Bertz CT molecular complexity index is 1240. The number of hydrogen-bond donors (Lipinski definition) is 0. The Kier molecular flexibility index (Phi) is 5.82. The van der Waals surface area contributed by atoms with Crippen LogP contribution in [0.3, 0.4) is 0 Å². The van der Waals surface area contributed by atoms with E-state index < -0.39 is 0 Å². The van der Waals surface area contributed by atoms with E-state index in [1.54, 1.807) is 0 Å². The van der Waals surface area contributed by atoms with E-state index >= 15 is 0 Å². The van der Waals surface area contributed by atoms with Gasteiger partial charge in [-0.25, -0.2) is 0 Å². The molecule has 30 heavy (non-hydrogen) atoms. The average molecular weight is 503 g/mol. The summed E-state index contributed by atoms with van der Waals surface area (Å²) >= 11 is 0. The second kappa shape index (κ2) is 8.52. The van der Waals surface area contributed by atoms with Gasteiger partial charge in [0.1, 0.15) is 6.67 Å². The van der Waals surface area contributed by atoms with Crippen molar-refractivity contribution in [3.05, 3.63) is 97.1 Å². The van der Waals surface area contributed by atoms with E-state index in [1.165, 1.54) is 43.6 Å². The van der Waals surface area contributed by atoms with Crippen LogP contribution in [0.2, 0.25) is 0 Å². The summed E-state index contributed by atoms with van der Waals surface area (Å²) in [6.45, 7) is 4.79. The number of fused-ring (bicyclic) bond motifs is 6. The molecular weight excluding hydrogens is 479 g/mol. The molecule has 0 bridgehead atoms. The predicted octanol–water partition coefficient (Wildman–Crippen LogP) is 4.44. The van der Waals surface area contributed by atoms with Gasteiger partial charge in [0.2, 0.25) is 0 Å². The van der Waals surface area contributed by atoms with Gasteiger partial charge in [0, 0.05) is 21.5 Å². The molecule has 2 heterocycles. The smallest absolute Gasteiger partial charge is 0.100 e. The third kappa shape index (κ3) is 3.08. The van der Waals surface area contributed by atoms with Crippen LogP contribution >= 0.6 is 0 Å². The number of hydrogen-bond acceptors (Lipinski definition) is 0. The number of benzene rings is 4. The molecule has 150 valence electrons. The summed E-state index contributed by atoms with van der Waals surface area (Å²) < 4.78 is 4.87. The summed E-state index contributed by atoms with van der Waals surface area (Å²) in [6, 6.07) is 34.8. The fourth-order valence-corrected chi connectivity index (χ4v) is 4.45. The van der Waals surface area contributed by atoms with Crippen LogP contribution in [-0.4, -0.2) is 9.13 Å². The lowest BCUT2D eigenvalue weighted by molar-refractivity contribution is -0.00000564. The fraction of sp³-hybridized carbons (Fsp3) is 0.111. The Balaban J connectivity index is 0.000000706. The SMILES string of the molecule is CC.[I-].c1ccc2c(c1)c1ccccc1n2Cn1c2ccccc2c2ccccc21. The number of para-hydroxylation sites is 4. The lowest BCUT2D eigenvalue weighted by Gasteiger charge is -2.12. The molecule has 0 aliphatic carbocycles. The topological polar surface area (TPSA) is 9.86 Å². The van der Waals surface area contributed by atoms with Gasteiger partial charge in [-0.3, -0.25) is 0 Å². The summed E-state index contributed by atoms with van der Waals surface area (Å²) in [6.07, 6.45) is 0. The third-order valence-corrected chi connectivity index (χ3v) is 5.64. The van der Waals surface area contributed by atoms with Gasteiger partial charge in [-0.05, 0) is 24.3 Å². The summed E-state index contributed by atoms with van der Waals surface area (Å²) in [7, 11) is 0. The molecule has 3 heteroatoms. The van der Waals surface area contributed by atoms with Crippen molar-refractivity contribution in [2.24, 2.45) is 0 Å². The van der Waals surface area contributed by atoms with Crippen LogP contribution in [0.1, 0.15) is 13.8 Å². The van der Waals surface area contributed by atoms with Gasteiger partial charge in [-0.15, -0.1) is 0 Å². The van der Waals surface area contributed by atoms with Gasteiger partial charge < -0.3 is 33.1 Å². The fourth-order valence-electron chi connectivity index (χ4n) is 4.45. The Labute approximate surface area is 193 Å². The maximum Gasteiger partial charge on any atom is 0.100 e.